The number of ether oxygens (including phenoxy) is 1. The van der Waals surface area contributed by atoms with Gasteiger partial charge in [0, 0.05) is 16.9 Å². The van der Waals surface area contributed by atoms with E-state index >= 15 is 0 Å². The third-order valence-electron chi connectivity index (χ3n) is 4.77. The van der Waals surface area contributed by atoms with Gasteiger partial charge in [0.05, 0.1) is 19.1 Å². The molecule has 0 aliphatic heterocycles. The molecule has 0 radical (unpaired) electrons. The molecule has 2 aromatic rings. The monoisotopic (exact) mass is 405 g/mol. The summed E-state index contributed by atoms with van der Waals surface area (Å²) in [5.41, 5.74) is 0.581. The maximum absolute atomic E-state index is 12.9. The van der Waals surface area contributed by atoms with Gasteiger partial charge in [0.15, 0.2) is 0 Å². The molecule has 1 aliphatic rings. The van der Waals surface area contributed by atoms with Crippen molar-refractivity contribution < 1.29 is 14.3 Å². The summed E-state index contributed by atoms with van der Waals surface area (Å²) < 4.78 is 7.35. The summed E-state index contributed by atoms with van der Waals surface area (Å²) >= 11 is 3.43. The normalized spacial score (nSPS) is 15.3. The van der Waals surface area contributed by atoms with Crippen LogP contribution >= 0.6 is 15.9 Å². The Hall–Kier alpha value is -2.15. The van der Waals surface area contributed by atoms with Gasteiger partial charge in [-0.25, -0.2) is 4.98 Å². The van der Waals surface area contributed by atoms with E-state index in [1.807, 2.05) is 24.3 Å². The summed E-state index contributed by atoms with van der Waals surface area (Å²) in [4.78, 5) is 28.5. The number of amides is 1. The van der Waals surface area contributed by atoms with Crippen molar-refractivity contribution in [2.75, 3.05) is 7.11 Å². The number of nitrogens with one attached hydrogen (secondary N) is 1. The molecular weight excluding hydrogens is 386 g/mol. The minimum absolute atomic E-state index is 0.00805. The largest absolute Gasteiger partial charge is 0.468 e. The number of carbonyl (C=O) groups is 2. The minimum atomic E-state index is -0.458. The first-order chi connectivity index (χ1) is 12.0. The second-order valence-corrected chi connectivity index (χ2v) is 7.09. The maximum Gasteiger partial charge on any atom is 0.325 e. The fraction of sp³-hybridized carbons (Fsp3) is 0.389. The molecule has 1 heterocycles. The lowest BCUT2D eigenvalue weighted by atomic mass is 9.64. The van der Waals surface area contributed by atoms with Crippen LogP contribution in [0.15, 0.2) is 41.1 Å². The van der Waals surface area contributed by atoms with Crippen molar-refractivity contribution in [3.8, 4) is 0 Å². The zero-order chi connectivity index (χ0) is 17.9. The SMILES string of the molecule is COC(=O)Cn1ccnc1CNC(=O)C1(c2ccc(Br)cc2)CCC1. The van der Waals surface area contributed by atoms with Crippen molar-refractivity contribution in [3.05, 3.63) is 52.5 Å². The van der Waals surface area contributed by atoms with Crippen molar-refractivity contribution in [2.24, 2.45) is 0 Å². The molecule has 1 fully saturated rings. The fourth-order valence-electron chi connectivity index (χ4n) is 3.13. The van der Waals surface area contributed by atoms with Crippen LogP contribution < -0.4 is 5.32 Å². The summed E-state index contributed by atoms with van der Waals surface area (Å²) in [7, 11) is 1.35. The Morgan fingerprint density at radius 1 is 1.32 bits per heavy atom. The molecule has 1 amide bonds. The average molecular weight is 406 g/mol. The number of methoxy groups -OCH3 is 1. The lowest BCUT2D eigenvalue weighted by Gasteiger charge is -2.40. The number of hydrogen-bond acceptors (Lipinski definition) is 4. The van der Waals surface area contributed by atoms with E-state index in [-0.39, 0.29) is 25.0 Å². The Morgan fingerprint density at radius 3 is 2.64 bits per heavy atom. The van der Waals surface area contributed by atoms with Crippen molar-refractivity contribution in [2.45, 2.75) is 37.8 Å². The van der Waals surface area contributed by atoms with Gasteiger partial charge < -0.3 is 14.6 Å². The summed E-state index contributed by atoms with van der Waals surface area (Å²) in [6, 6.07) is 7.93. The number of esters is 1. The van der Waals surface area contributed by atoms with Crippen LogP contribution in [0.5, 0.6) is 0 Å². The summed E-state index contributed by atoms with van der Waals surface area (Å²) in [5.74, 6) is 0.286. The second-order valence-electron chi connectivity index (χ2n) is 6.17. The average Bonchev–Trinajstić information content (AvgIpc) is 3.00. The van der Waals surface area contributed by atoms with Crippen molar-refractivity contribution in [1.82, 2.24) is 14.9 Å². The number of carbonyl (C=O) groups excluding carboxylic acids is 2. The van der Waals surface area contributed by atoms with Crippen LogP contribution in [0.2, 0.25) is 0 Å². The quantitative estimate of drug-likeness (QED) is 0.749. The van der Waals surface area contributed by atoms with Crippen LogP contribution in [0.4, 0.5) is 0 Å². The summed E-state index contributed by atoms with van der Waals surface area (Å²) in [6.45, 7) is 0.362. The zero-order valence-electron chi connectivity index (χ0n) is 14.0. The molecular formula is C18H20BrN3O3. The van der Waals surface area contributed by atoms with E-state index in [2.05, 4.69) is 31.0 Å². The van der Waals surface area contributed by atoms with Gasteiger partial charge in [-0.3, -0.25) is 9.59 Å². The second kappa shape index (κ2) is 7.39. The molecule has 0 saturated heterocycles. The van der Waals surface area contributed by atoms with E-state index in [4.69, 9.17) is 0 Å². The molecule has 0 bridgehead atoms. The number of rotatable bonds is 6. The molecule has 25 heavy (non-hydrogen) atoms. The number of hydrogen-bond donors (Lipinski definition) is 1. The first kappa shape index (κ1) is 17.7. The molecule has 1 N–H and O–H groups in total. The van der Waals surface area contributed by atoms with Crippen molar-refractivity contribution in [1.29, 1.82) is 0 Å². The van der Waals surface area contributed by atoms with Crippen LogP contribution in [-0.2, 0) is 32.8 Å². The molecule has 132 valence electrons. The molecule has 6 nitrogen and oxygen atoms in total. The highest BCUT2D eigenvalue weighted by atomic mass is 79.9. The Labute approximate surface area is 154 Å². The van der Waals surface area contributed by atoms with Gasteiger partial charge >= 0.3 is 5.97 Å². The number of nitrogens with zero attached hydrogens (tertiary/aromatic N) is 2. The Balaban J connectivity index is 1.69. The van der Waals surface area contributed by atoms with E-state index in [9.17, 15) is 9.59 Å². The topological polar surface area (TPSA) is 73.2 Å². The number of benzene rings is 1. The molecule has 3 rings (SSSR count). The Kier molecular flexibility index (Phi) is 5.22. The molecule has 0 unspecified atom stereocenters. The highest BCUT2D eigenvalue weighted by Crippen LogP contribution is 2.44. The maximum atomic E-state index is 12.9. The number of aromatic nitrogens is 2. The van der Waals surface area contributed by atoms with E-state index in [1.54, 1.807) is 17.0 Å². The zero-order valence-corrected chi connectivity index (χ0v) is 15.6. The van der Waals surface area contributed by atoms with Crippen LogP contribution in [0.1, 0.15) is 30.7 Å². The van der Waals surface area contributed by atoms with Gasteiger partial charge in [-0.15, -0.1) is 0 Å². The predicted molar refractivity (Wildman–Crippen MR) is 95.8 cm³/mol. The van der Waals surface area contributed by atoms with E-state index in [1.165, 1.54) is 7.11 Å². The van der Waals surface area contributed by atoms with Gasteiger partial charge in [0.1, 0.15) is 12.4 Å². The number of imidazole rings is 1. The Bertz CT molecular complexity index is 766. The summed E-state index contributed by atoms with van der Waals surface area (Å²) in [6.07, 6.45) is 6.04. The smallest absolute Gasteiger partial charge is 0.325 e. The van der Waals surface area contributed by atoms with Gasteiger partial charge in [0.2, 0.25) is 5.91 Å². The molecule has 7 heteroatoms. The molecule has 1 aromatic heterocycles. The minimum Gasteiger partial charge on any atom is -0.468 e. The van der Waals surface area contributed by atoms with Crippen LogP contribution in [-0.4, -0.2) is 28.5 Å². The van der Waals surface area contributed by atoms with Crippen molar-refractivity contribution in [3.63, 3.8) is 0 Å². The fourth-order valence-corrected chi connectivity index (χ4v) is 3.39. The first-order valence-electron chi connectivity index (χ1n) is 8.16. The highest BCUT2D eigenvalue weighted by molar-refractivity contribution is 9.10. The first-order valence-corrected chi connectivity index (χ1v) is 8.95. The molecule has 1 saturated carbocycles. The van der Waals surface area contributed by atoms with Gasteiger partial charge in [-0.1, -0.05) is 34.5 Å². The molecule has 0 atom stereocenters. The van der Waals surface area contributed by atoms with Gasteiger partial charge in [0.25, 0.3) is 0 Å². The van der Waals surface area contributed by atoms with Crippen LogP contribution in [0.3, 0.4) is 0 Å². The van der Waals surface area contributed by atoms with Crippen LogP contribution in [0, 0.1) is 0 Å². The van der Waals surface area contributed by atoms with Gasteiger partial charge in [-0.05, 0) is 30.5 Å². The third kappa shape index (κ3) is 3.61. The van der Waals surface area contributed by atoms with E-state index in [0.29, 0.717) is 5.82 Å². The third-order valence-corrected chi connectivity index (χ3v) is 5.30. The standard InChI is InChI=1S/C18H20BrN3O3/c1-25-16(23)12-22-10-9-20-15(22)11-21-17(24)18(7-2-8-18)13-3-5-14(19)6-4-13/h3-6,9-10H,2,7-8,11-12H2,1H3,(H,21,24). The molecule has 1 aromatic carbocycles. The van der Waals surface area contributed by atoms with Crippen molar-refractivity contribution >= 4 is 27.8 Å². The lowest BCUT2D eigenvalue weighted by molar-refractivity contribution is -0.141. The summed E-state index contributed by atoms with van der Waals surface area (Å²) in [5, 5.41) is 2.99. The highest BCUT2D eigenvalue weighted by Gasteiger charge is 2.45. The van der Waals surface area contributed by atoms with Crippen LogP contribution in [0.25, 0.3) is 0 Å². The molecule has 1 aliphatic carbocycles. The Morgan fingerprint density at radius 2 is 2.04 bits per heavy atom. The molecule has 0 spiro atoms. The van der Waals surface area contributed by atoms with E-state index in [0.717, 1.165) is 29.3 Å². The lowest BCUT2D eigenvalue weighted by Crippen LogP contribution is -2.49. The van der Waals surface area contributed by atoms with Gasteiger partial charge in [-0.2, -0.15) is 0 Å². The number of halogens is 1. The predicted octanol–water partition coefficient (Wildman–Crippen LogP) is 2.56. The van der Waals surface area contributed by atoms with E-state index < -0.39 is 5.41 Å².